The van der Waals surface area contributed by atoms with E-state index in [1.807, 2.05) is 0 Å². The normalized spacial score (nSPS) is 9.29. The van der Waals surface area contributed by atoms with Crippen molar-refractivity contribution in [2.24, 2.45) is 4.99 Å². The van der Waals surface area contributed by atoms with Gasteiger partial charge in [-0.1, -0.05) is 18.2 Å². The van der Waals surface area contributed by atoms with Crippen molar-refractivity contribution in [2.75, 3.05) is 7.11 Å². The fourth-order valence-corrected chi connectivity index (χ4v) is 1.27. The molecule has 1 rings (SSSR count). The van der Waals surface area contributed by atoms with Crippen molar-refractivity contribution in [1.29, 1.82) is 0 Å². The Morgan fingerprint density at radius 3 is 2.79 bits per heavy atom. The highest BCUT2D eigenvalue weighted by atomic mass is 16.5. The molecule has 0 heterocycles. The molecule has 0 aliphatic carbocycles. The second-order valence-corrected chi connectivity index (χ2v) is 2.68. The summed E-state index contributed by atoms with van der Waals surface area (Å²) in [4.78, 5) is 13.4. The summed E-state index contributed by atoms with van der Waals surface area (Å²) in [6.45, 7) is 0.127. The molecule has 0 atom stereocenters. The molecule has 0 bridgehead atoms. The molecule has 1 aromatic carbocycles. The van der Waals surface area contributed by atoms with Crippen LogP contribution in [0.2, 0.25) is 0 Å². The van der Waals surface area contributed by atoms with Gasteiger partial charge in [-0.2, -0.15) is 0 Å². The lowest BCUT2D eigenvalue weighted by molar-refractivity contribution is 0.273. The highest BCUT2D eigenvalue weighted by Crippen LogP contribution is 2.24. The minimum Gasteiger partial charge on any atom is -0.496 e. The molecular weight excluding hydrogens is 182 g/mol. The predicted molar refractivity (Wildman–Crippen MR) is 50.7 cm³/mol. The molecule has 0 saturated carbocycles. The summed E-state index contributed by atoms with van der Waals surface area (Å²) < 4.78 is 5.11. The van der Waals surface area contributed by atoms with E-state index in [2.05, 4.69) is 4.99 Å². The van der Waals surface area contributed by atoms with Crippen molar-refractivity contribution in [3.05, 3.63) is 29.3 Å². The summed E-state index contributed by atoms with van der Waals surface area (Å²) in [7, 11) is 1.52. The molecule has 0 saturated heterocycles. The number of carbonyl (C=O) groups excluding carboxylic acids is 1. The third-order valence-corrected chi connectivity index (χ3v) is 1.87. The zero-order chi connectivity index (χ0) is 10.4. The van der Waals surface area contributed by atoms with Crippen LogP contribution in [0.5, 0.6) is 5.75 Å². The van der Waals surface area contributed by atoms with E-state index in [4.69, 9.17) is 9.84 Å². The maximum atomic E-state index is 9.95. The molecule has 0 spiro atoms. The molecular formula is C10H11NO3. The molecule has 0 aliphatic rings. The monoisotopic (exact) mass is 193 g/mol. The summed E-state index contributed by atoms with van der Waals surface area (Å²) in [6.07, 6.45) is 1.46. The van der Waals surface area contributed by atoms with Crippen LogP contribution in [0.3, 0.4) is 0 Å². The highest BCUT2D eigenvalue weighted by Gasteiger charge is 2.06. The van der Waals surface area contributed by atoms with Crippen LogP contribution in [-0.2, 0) is 17.9 Å². The van der Waals surface area contributed by atoms with Gasteiger partial charge in [-0.25, -0.2) is 9.79 Å². The fourth-order valence-electron chi connectivity index (χ4n) is 1.27. The first-order valence-electron chi connectivity index (χ1n) is 4.12. The van der Waals surface area contributed by atoms with Crippen LogP contribution in [0.15, 0.2) is 23.2 Å². The van der Waals surface area contributed by atoms with Crippen LogP contribution in [0.4, 0.5) is 0 Å². The number of hydrogen-bond donors (Lipinski definition) is 1. The zero-order valence-electron chi connectivity index (χ0n) is 7.86. The van der Waals surface area contributed by atoms with Gasteiger partial charge in [-0.3, -0.25) is 0 Å². The Bertz CT molecular complexity index is 356. The van der Waals surface area contributed by atoms with Crippen molar-refractivity contribution < 1.29 is 14.6 Å². The van der Waals surface area contributed by atoms with Crippen LogP contribution >= 0.6 is 0 Å². The number of methoxy groups -OCH3 is 1. The van der Waals surface area contributed by atoms with E-state index in [0.29, 0.717) is 11.3 Å². The van der Waals surface area contributed by atoms with Gasteiger partial charge in [0.1, 0.15) is 5.75 Å². The zero-order valence-corrected chi connectivity index (χ0v) is 7.86. The molecule has 14 heavy (non-hydrogen) atoms. The Kier molecular flexibility index (Phi) is 3.85. The summed E-state index contributed by atoms with van der Waals surface area (Å²) in [5.41, 5.74) is 1.45. The largest absolute Gasteiger partial charge is 0.496 e. The second-order valence-electron chi connectivity index (χ2n) is 2.68. The average Bonchev–Trinajstić information content (AvgIpc) is 2.25. The maximum Gasteiger partial charge on any atom is 0.235 e. The van der Waals surface area contributed by atoms with Crippen LogP contribution in [0, 0.1) is 0 Å². The predicted octanol–water partition coefficient (Wildman–Crippen LogP) is 1.02. The standard InChI is InChI=1S/C10H11NO3/c1-14-10-8(5-11-7-13)3-2-4-9(10)6-12/h2-4,12H,5-6H2,1H3. The molecule has 74 valence electrons. The Labute approximate surface area is 81.9 Å². The van der Waals surface area contributed by atoms with E-state index in [9.17, 15) is 4.79 Å². The van der Waals surface area contributed by atoms with Crippen molar-refractivity contribution >= 4 is 6.08 Å². The summed E-state index contributed by atoms with van der Waals surface area (Å²) >= 11 is 0. The number of aliphatic imine (C=N–C) groups is 1. The number of aliphatic hydroxyl groups excluding tert-OH is 1. The number of benzene rings is 1. The van der Waals surface area contributed by atoms with Gasteiger partial charge in [0.15, 0.2) is 0 Å². The quantitative estimate of drug-likeness (QED) is 0.573. The van der Waals surface area contributed by atoms with Crippen molar-refractivity contribution in [1.82, 2.24) is 0 Å². The number of rotatable bonds is 4. The fraction of sp³-hybridized carbons (Fsp3) is 0.300. The summed E-state index contributed by atoms with van der Waals surface area (Å²) in [5.74, 6) is 0.578. The van der Waals surface area contributed by atoms with E-state index in [1.54, 1.807) is 18.2 Å². The molecule has 0 aromatic heterocycles. The molecule has 4 nitrogen and oxygen atoms in total. The van der Waals surface area contributed by atoms with E-state index in [0.717, 1.165) is 5.56 Å². The van der Waals surface area contributed by atoms with Crippen LogP contribution < -0.4 is 4.74 Å². The Balaban J connectivity index is 3.07. The molecule has 0 aliphatic heterocycles. The minimum absolute atomic E-state index is 0.0954. The Hall–Kier alpha value is -1.64. The molecule has 4 heteroatoms. The first-order chi connectivity index (χ1) is 6.83. The number of aliphatic hydroxyl groups is 1. The molecule has 0 unspecified atom stereocenters. The first kappa shape index (κ1) is 10.4. The van der Waals surface area contributed by atoms with Gasteiger partial charge in [-0.15, -0.1) is 0 Å². The molecule has 1 N–H and O–H groups in total. The van der Waals surface area contributed by atoms with Crippen LogP contribution in [0.1, 0.15) is 11.1 Å². The van der Waals surface area contributed by atoms with Crippen molar-refractivity contribution in [3.8, 4) is 5.75 Å². The van der Waals surface area contributed by atoms with Crippen molar-refractivity contribution in [3.63, 3.8) is 0 Å². The number of hydrogen-bond acceptors (Lipinski definition) is 4. The van der Waals surface area contributed by atoms with E-state index in [1.165, 1.54) is 13.2 Å². The SMILES string of the molecule is COc1c(CO)cccc1CN=C=O. The topological polar surface area (TPSA) is 58.9 Å². The Morgan fingerprint density at radius 1 is 1.50 bits per heavy atom. The van der Waals surface area contributed by atoms with Gasteiger partial charge in [-0.05, 0) is 0 Å². The van der Waals surface area contributed by atoms with Crippen molar-refractivity contribution in [2.45, 2.75) is 13.2 Å². The van der Waals surface area contributed by atoms with Gasteiger partial charge in [0.25, 0.3) is 0 Å². The average molecular weight is 193 g/mol. The lowest BCUT2D eigenvalue weighted by atomic mass is 10.1. The third-order valence-electron chi connectivity index (χ3n) is 1.87. The van der Waals surface area contributed by atoms with Gasteiger partial charge in [0.05, 0.1) is 20.3 Å². The number of isocyanates is 1. The summed E-state index contributed by atoms with van der Waals surface area (Å²) in [5, 5.41) is 9.01. The van der Waals surface area contributed by atoms with Crippen LogP contribution in [-0.4, -0.2) is 18.3 Å². The molecule has 0 fully saturated rings. The maximum absolute atomic E-state index is 9.95. The lowest BCUT2D eigenvalue weighted by Gasteiger charge is -2.09. The number of para-hydroxylation sites is 1. The third kappa shape index (κ3) is 2.19. The van der Waals surface area contributed by atoms with Crippen LogP contribution in [0.25, 0.3) is 0 Å². The van der Waals surface area contributed by atoms with Gasteiger partial charge in [0, 0.05) is 11.1 Å². The lowest BCUT2D eigenvalue weighted by Crippen LogP contribution is -1.96. The second kappa shape index (κ2) is 5.17. The number of nitrogens with zero attached hydrogens (tertiary/aromatic N) is 1. The highest BCUT2D eigenvalue weighted by molar-refractivity contribution is 5.42. The number of ether oxygens (including phenoxy) is 1. The van der Waals surface area contributed by atoms with Gasteiger partial charge >= 0.3 is 0 Å². The van der Waals surface area contributed by atoms with Gasteiger partial charge < -0.3 is 9.84 Å². The Morgan fingerprint density at radius 2 is 2.21 bits per heavy atom. The smallest absolute Gasteiger partial charge is 0.235 e. The minimum atomic E-state index is -0.0954. The molecule has 0 amide bonds. The van der Waals surface area contributed by atoms with E-state index in [-0.39, 0.29) is 13.2 Å². The van der Waals surface area contributed by atoms with E-state index >= 15 is 0 Å². The first-order valence-corrected chi connectivity index (χ1v) is 4.12. The van der Waals surface area contributed by atoms with Gasteiger partial charge in [0.2, 0.25) is 6.08 Å². The molecule has 1 aromatic rings. The van der Waals surface area contributed by atoms with E-state index < -0.39 is 0 Å². The molecule has 0 radical (unpaired) electrons. The summed E-state index contributed by atoms with van der Waals surface area (Å²) in [6, 6.07) is 5.33.